The number of halogens is 1. The topological polar surface area (TPSA) is 21.7 Å². The normalized spacial score (nSPS) is 38.4. The summed E-state index contributed by atoms with van der Waals surface area (Å²) in [5.41, 5.74) is 0.257. The van der Waals surface area contributed by atoms with Gasteiger partial charge in [0.1, 0.15) is 0 Å². The molecule has 3 fully saturated rings. The lowest BCUT2D eigenvalue weighted by molar-refractivity contribution is -0.0966. The molecule has 0 aromatic rings. The average Bonchev–Trinajstić information content (AvgIpc) is 2.84. The number of rotatable bonds is 3. The van der Waals surface area contributed by atoms with Crippen LogP contribution in [0.15, 0.2) is 0 Å². The smallest absolute Gasteiger partial charge is 0.0799 e. The molecule has 3 unspecified atom stereocenters. The van der Waals surface area contributed by atoms with Crippen molar-refractivity contribution in [3.8, 4) is 0 Å². The van der Waals surface area contributed by atoms with Crippen molar-refractivity contribution in [1.29, 1.82) is 0 Å². The van der Waals surface area contributed by atoms with Crippen LogP contribution in [0.3, 0.4) is 0 Å². The Morgan fingerprint density at radius 3 is 2.70 bits per heavy atom. The van der Waals surface area contributed by atoms with Crippen molar-refractivity contribution in [3.63, 3.8) is 0 Å². The number of morpholine rings is 1. The summed E-state index contributed by atoms with van der Waals surface area (Å²) >= 11 is 3.55. The lowest BCUT2D eigenvalue weighted by Crippen LogP contribution is -2.51. The molecule has 3 atom stereocenters. The molecule has 0 radical (unpaired) electrons. The molecule has 3 nitrogen and oxygen atoms in total. The van der Waals surface area contributed by atoms with Gasteiger partial charge >= 0.3 is 0 Å². The molecule has 1 aliphatic carbocycles. The summed E-state index contributed by atoms with van der Waals surface area (Å²) in [6, 6.07) is 0.525. The van der Waals surface area contributed by atoms with Crippen LogP contribution in [0.2, 0.25) is 0 Å². The van der Waals surface area contributed by atoms with Gasteiger partial charge in [-0.25, -0.2) is 0 Å². The van der Waals surface area contributed by atoms with E-state index in [4.69, 9.17) is 9.47 Å². The third-order valence-corrected chi connectivity index (χ3v) is 6.07. The molecule has 1 saturated carbocycles. The van der Waals surface area contributed by atoms with E-state index in [1.807, 2.05) is 0 Å². The molecule has 0 aromatic carbocycles. The van der Waals surface area contributed by atoms with Gasteiger partial charge in [0.2, 0.25) is 0 Å². The van der Waals surface area contributed by atoms with Gasteiger partial charge in [-0.2, -0.15) is 0 Å². The molecule has 2 saturated heterocycles. The minimum absolute atomic E-state index is 0.257. The van der Waals surface area contributed by atoms with Gasteiger partial charge < -0.3 is 9.47 Å². The molecule has 3 aliphatic rings. The summed E-state index contributed by atoms with van der Waals surface area (Å²) in [6.45, 7) is 5.26. The zero-order valence-corrected chi connectivity index (χ0v) is 14.2. The van der Waals surface area contributed by atoms with Crippen molar-refractivity contribution in [3.05, 3.63) is 0 Å². The maximum absolute atomic E-state index is 6.52. The molecule has 20 heavy (non-hydrogen) atoms. The highest BCUT2D eigenvalue weighted by Crippen LogP contribution is 2.42. The lowest BCUT2D eigenvalue weighted by atomic mass is 9.83. The number of hydrogen-bond acceptors (Lipinski definition) is 3. The van der Waals surface area contributed by atoms with E-state index >= 15 is 0 Å². The van der Waals surface area contributed by atoms with Gasteiger partial charge in [0.25, 0.3) is 0 Å². The van der Waals surface area contributed by atoms with Crippen LogP contribution in [0.1, 0.15) is 51.9 Å². The summed E-state index contributed by atoms with van der Waals surface area (Å²) in [7, 11) is 0. The molecule has 0 N–H and O–H groups in total. The van der Waals surface area contributed by atoms with Gasteiger partial charge in [0.05, 0.1) is 24.4 Å². The second kappa shape index (κ2) is 6.64. The van der Waals surface area contributed by atoms with Crippen LogP contribution in [0.25, 0.3) is 0 Å². The van der Waals surface area contributed by atoms with E-state index in [1.54, 1.807) is 0 Å². The predicted octanol–water partition coefficient (Wildman–Crippen LogP) is 3.35. The van der Waals surface area contributed by atoms with Crippen LogP contribution in [-0.4, -0.2) is 53.8 Å². The second-order valence-corrected chi connectivity index (χ2v) is 7.58. The summed E-state index contributed by atoms with van der Waals surface area (Å²) in [4.78, 5) is 2.57. The number of alkyl halides is 1. The molecule has 0 bridgehead atoms. The van der Waals surface area contributed by atoms with E-state index in [1.165, 1.54) is 44.9 Å². The first-order valence-electron chi connectivity index (χ1n) is 8.30. The minimum atomic E-state index is 0.257. The molecular weight excluding hydrogens is 318 g/mol. The van der Waals surface area contributed by atoms with E-state index in [9.17, 15) is 0 Å². The Hall–Kier alpha value is 0.360. The quantitative estimate of drug-likeness (QED) is 0.732. The monoisotopic (exact) mass is 345 g/mol. The maximum atomic E-state index is 6.52. The Morgan fingerprint density at radius 1 is 1.15 bits per heavy atom. The highest BCUT2D eigenvalue weighted by atomic mass is 79.9. The fourth-order valence-corrected chi connectivity index (χ4v) is 4.46. The molecule has 0 amide bonds. The Morgan fingerprint density at radius 2 is 1.95 bits per heavy atom. The van der Waals surface area contributed by atoms with E-state index in [2.05, 4.69) is 27.8 Å². The average molecular weight is 346 g/mol. The van der Waals surface area contributed by atoms with Crippen molar-refractivity contribution in [2.24, 2.45) is 0 Å². The standard InChI is InChI=1S/C16H28BrNO2/c1-13-12-19-15(9-17)11-18(13)10-14-5-8-16(20-14)6-3-2-4-7-16/h13-15H,2-12H2,1H3. The highest BCUT2D eigenvalue weighted by Gasteiger charge is 2.41. The first-order chi connectivity index (χ1) is 9.71. The number of ether oxygens (including phenoxy) is 2. The Balaban J connectivity index is 1.53. The Kier molecular flexibility index (Phi) is 5.06. The summed E-state index contributed by atoms with van der Waals surface area (Å²) < 4.78 is 12.3. The first-order valence-corrected chi connectivity index (χ1v) is 9.42. The van der Waals surface area contributed by atoms with Crippen molar-refractivity contribution in [2.75, 3.05) is 25.0 Å². The SMILES string of the molecule is CC1COC(CBr)CN1CC1CCC2(CCCCC2)O1. The van der Waals surface area contributed by atoms with Crippen LogP contribution >= 0.6 is 15.9 Å². The third kappa shape index (κ3) is 3.40. The zero-order valence-electron chi connectivity index (χ0n) is 12.7. The molecule has 0 aromatic heterocycles. The van der Waals surface area contributed by atoms with Gasteiger partial charge in [-0.05, 0) is 32.6 Å². The highest BCUT2D eigenvalue weighted by molar-refractivity contribution is 9.09. The van der Waals surface area contributed by atoms with Crippen molar-refractivity contribution >= 4 is 15.9 Å². The molecule has 116 valence electrons. The summed E-state index contributed by atoms with van der Waals surface area (Å²) in [6.07, 6.45) is 10.1. The van der Waals surface area contributed by atoms with Crippen LogP contribution in [0.5, 0.6) is 0 Å². The molecule has 2 aliphatic heterocycles. The lowest BCUT2D eigenvalue weighted by Gasteiger charge is -2.39. The second-order valence-electron chi connectivity index (χ2n) is 6.93. The van der Waals surface area contributed by atoms with Crippen molar-refractivity contribution < 1.29 is 9.47 Å². The van der Waals surface area contributed by atoms with Gasteiger partial charge in [0.15, 0.2) is 0 Å². The Labute approximate surface area is 131 Å². The van der Waals surface area contributed by atoms with E-state index in [-0.39, 0.29) is 5.60 Å². The van der Waals surface area contributed by atoms with Gasteiger partial charge in [-0.15, -0.1) is 0 Å². The maximum Gasteiger partial charge on any atom is 0.0799 e. The molecular formula is C16H28BrNO2. The van der Waals surface area contributed by atoms with Crippen molar-refractivity contribution in [2.45, 2.75) is 75.7 Å². The summed E-state index contributed by atoms with van der Waals surface area (Å²) in [5.74, 6) is 0. The third-order valence-electron chi connectivity index (χ3n) is 5.35. The Bertz CT molecular complexity index is 320. The van der Waals surface area contributed by atoms with Gasteiger partial charge in [-0.1, -0.05) is 35.2 Å². The molecule has 4 heteroatoms. The van der Waals surface area contributed by atoms with E-state index in [0.717, 1.165) is 25.0 Å². The summed E-state index contributed by atoms with van der Waals surface area (Å²) in [5, 5.41) is 0.936. The first kappa shape index (κ1) is 15.3. The largest absolute Gasteiger partial charge is 0.374 e. The minimum Gasteiger partial charge on any atom is -0.374 e. The fraction of sp³-hybridized carbons (Fsp3) is 1.00. The number of hydrogen-bond donors (Lipinski definition) is 0. The van der Waals surface area contributed by atoms with Crippen LogP contribution in [-0.2, 0) is 9.47 Å². The number of nitrogens with zero attached hydrogens (tertiary/aromatic N) is 1. The van der Waals surface area contributed by atoms with E-state index in [0.29, 0.717) is 18.2 Å². The van der Waals surface area contributed by atoms with Crippen LogP contribution in [0.4, 0.5) is 0 Å². The van der Waals surface area contributed by atoms with Crippen LogP contribution < -0.4 is 0 Å². The fourth-order valence-electron chi connectivity index (χ4n) is 4.07. The van der Waals surface area contributed by atoms with Gasteiger partial charge in [0, 0.05) is 24.5 Å². The zero-order chi connectivity index (χ0) is 14.0. The van der Waals surface area contributed by atoms with E-state index < -0.39 is 0 Å². The predicted molar refractivity (Wildman–Crippen MR) is 84.5 cm³/mol. The molecule has 2 heterocycles. The van der Waals surface area contributed by atoms with Crippen LogP contribution in [0, 0.1) is 0 Å². The van der Waals surface area contributed by atoms with Gasteiger partial charge in [-0.3, -0.25) is 4.90 Å². The molecule has 1 spiro atoms. The van der Waals surface area contributed by atoms with Crippen molar-refractivity contribution in [1.82, 2.24) is 4.90 Å². The molecule has 3 rings (SSSR count).